The molecule has 0 unspecified atom stereocenters. The average molecular weight is 252 g/mol. The molecule has 3 N–H and O–H groups in total. The van der Waals surface area contributed by atoms with Crippen LogP contribution in [0.2, 0.25) is 0 Å². The number of pyridine rings is 1. The molecule has 0 aliphatic rings. The third-order valence-electron chi connectivity index (χ3n) is 1.48. The topological polar surface area (TPSA) is 85.4 Å². The lowest BCUT2D eigenvalue weighted by molar-refractivity contribution is -0.138. The molecule has 0 spiro atoms. The van der Waals surface area contributed by atoms with Gasteiger partial charge in [-0.25, -0.2) is 9.78 Å². The van der Waals surface area contributed by atoms with Crippen LogP contribution in [0.5, 0.6) is 0 Å². The van der Waals surface area contributed by atoms with Gasteiger partial charge in [-0.1, -0.05) is 0 Å². The summed E-state index contributed by atoms with van der Waals surface area (Å²) < 4.78 is 40.6. The molecule has 0 radical (unpaired) electrons. The highest BCUT2D eigenvalue weighted by molar-refractivity contribution is 5.87. The van der Waals surface area contributed by atoms with Gasteiger partial charge >= 0.3 is 12.1 Å². The maximum Gasteiger partial charge on any atom is 0.418 e. The molecule has 0 atom stereocenters. The molecule has 0 saturated carbocycles. The number of halogens is 3. The predicted molar refractivity (Wildman–Crippen MR) is 52.3 cm³/mol. The summed E-state index contributed by atoms with van der Waals surface area (Å²) in [6.45, 7) is 0.319. The van der Waals surface area contributed by atoms with Crippen LogP contribution in [-0.4, -0.2) is 29.9 Å². The van der Waals surface area contributed by atoms with Gasteiger partial charge < -0.3 is 15.6 Å². The second kappa shape index (κ2) is 6.81. The molecule has 0 saturated heterocycles. The minimum Gasteiger partial charge on any atom is -0.476 e. The van der Waals surface area contributed by atoms with Crippen molar-refractivity contribution in [2.24, 2.45) is 5.73 Å². The molecule has 17 heavy (non-hydrogen) atoms. The molecule has 5 nitrogen and oxygen atoms in total. The molecule has 0 aromatic carbocycles. The molecule has 0 bridgehead atoms. The second-order valence-corrected chi connectivity index (χ2v) is 2.66. The molecule has 0 amide bonds. The lowest BCUT2D eigenvalue weighted by Gasteiger charge is -2.07. The Kier molecular flexibility index (Phi) is 6.15. The molecule has 1 aromatic rings. The van der Waals surface area contributed by atoms with E-state index in [2.05, 4.69) is 9.72 Å². The van der Waals surface area contributed by atoms with E-state index in [-0.39, 0.29) is 0 Å². The minimum absolute atomic E-state index is 0.319. The van der Waals surface area contributed by atoms with Crippen LogP contribution in [0.25, 0.3) is 0 Å². The summed E-state index contributed by atoms with van der Waals surface area (Å²) in [5.74, 6) is -1.69. The number of hydrogen-bond donors (Lipinski definition) is 2. The van der Waals surface area contributed by atoms with Crippen LogP contribution in [0.4, 0.5) is 13.2 Å². The number of nitrogens with zero attached hydrogens (tertiary/aromatic N) is 1. The maximum absolute atomic E-state index is 12.1. The van der Waals surface area contributed by atoms with Gasteiger partial charge in [0.15, 0.2) is 5.69 Å². The van der Waals surface area contributed by atoms with Gasteiger partial charge in [-0.2, -0.15) is 13.2 Å². The number of carboxylic acids is 1. The quantitative estimate of drug-likeness (QED) is 0.776. The van der Waals surface area contributed by atoms with Crippen LogP contribution in [0.3, 0.4) is 0 Å². The monoisotopic (exact) mass is 252 g/mol. The highest BCUT2D eigenvalue weighted by Crippen LogP contribution is 2.30. The van der Waals surface area contributed by atoms with Gasteiger partial charge in [0.05, 0.1) is 12.3 Å². The Morgan fingerprint density at radius 2 is 2.12 bits per heavy atom. The third-order valence-corrected chi connectivity index (χ3v) is 1.48. The fourth-order valence-electron chi connectivity index (χ4n) is 0.804. The molecular formula is C9H11F3N2O3. The van der Waals surface area contributed by atoms with Crippen LogP contribution in [0.1, 0.15) is 16.1 Å². The molecule has 0 aliphatic carbocycles. The number of nitrogens with two attached hydrogens (primary N) is 1. The van der Waals surface area contributed by atoms with Crippen molar-refractivity contribution in [1.82, 2.24) is 4.98 Å². The zero-order valence-electron chi connectivity index (χ0n) is 8.86. The number of carboxylic acid groups (broad SMARTS) is 1. The first-order valence-electron chi connectivity index (χ1n) is 4.29. The molecule has 96 valence electrons. The summed E-state index contributed by atoms with van der Waals surface area (Å²) >= 11 is 0. The highest BCUT2D eigenvalue weighted by atomic mass is 19.4. The van der Waals surface area contributed by atoms with Gasteiger partial charge in [0.2, 0.25) is 0 Å². The fourth-order valence-corrected chi connectivity index (χ4v) is 0.804. The minimum atomic E-state index is -4.68. The van der Waals surface area contributed by atoms with Crippen molar-refractivity contribution in [3.05, 3.63) is 29.6 Å². The number of alkyl halides is 3. The van der Waals surface area contributed by atoms with E-state index in [1.54, 1.807) is 7.11 Å². The zero-order valence-corrected chi connectivity index (χ0v) is 8.86. The Hall–Kier alpha value is -1.67. The average Bonchev–Trinajstić information content (AvgIpc) is 2.28. The van der Waals surface area contributed by atoms with Crippen molar-refractivity contribution in [1.29, 1.82) is 0 Å². The Bertz CT molecular complexity index is 367. The van der Waals surface area contributed by atoms with Crippen LogP contribution < -0.4 is 5.73 Å². The van der Waals surface area contributed by atoms with E-state index in [1.165, 1.54) is 0 Å². The molecule has 1 aromatic heterocycles. The lowest BCUT2D eigenvalue weighted by atomic mass is 10.2. The molecule has 1 heterocycles. The van der Waals surface area contributed by atoms with Crippen molar-refractivity contribution in [3.8, 4) is 0 Å². The summed E-state index contributed by atoms with van der Waals surface area (Å²) in [5.41, 5.74) is 2.59. The number of aromatic nitrogens is 1. The van der Waals surface area contributed by atoms with E-state index in [9.17, 15) is 18.0 Å². The van der Waals surface area contributed by atoms with Gasteiger partial charge in [0, 0.05) is 13.3 Å². The van der Waals surface area contributed by atoms with Gasteiger partial charge in [0.25, 0.3) is 0 Å². The van der Waals surface area contributed by atoms with E-state index in [4.69, 9.17) is 10.8 Å². The van der Waals surface area contributed by atoms with E-state index in [0.29, 0.717) is 12.8 Å². The first kappa shape index (κ1) is 15.3. The van der Waals surface area contributed by atoms with E-state index < -0.39 is 23.4 Å². The standard InChI is InChI=1S/C7H4F3NO2.C2H7NO/c8-7(9,10)4-2-1-3-11-5(4)6(12)13;1-4-2-3/h1-3H,(H,12,13);2-3H2,1H3. The predicted octanol–water partition coefficient (Wildman–Crippen LogP) is 1.35. The summed E-state index contributed by atoms with van der Waals surface area (Å²) in [7, 11) is 1.56. The molecule has 0 fully saturated rings. The second-order valence-electron chi connectivity index (χ2n) is 2.66. The third kappa shape index (κ3) is 5.27. The van der Waals surface area contributed by atoms with Crippen molar-refractivity contribution >= 4 is 5.97 Å². The number of carbonyl (C=O) groups is 1. The SMILES string of the molecule is COCN.O=C(O)c1ncccc1C(F)(F)F. The normalized spacial score (nSPS) is 10.4. The van der Waals surface area contributed by atoms with Gasteiger partial charge in [-0.15, -0.1) is 0 Å². The lowest BCUT2D eigenvalue weighted by Crippen LogP contribution is -2.14. The van der Waals surface area contributed by atoms with Crippen LogP contribution in [0, 0.1) is 0 Å². The first-order valence-corrected chi connectivity index (χ1v) is 4.29. The smallest absolute Gasteiger partial charge is 0.418 e. The Morgan fingerprint density at radius 3 is 2.41 bits per heavy atom. The molecule has 1 rings (SSSR count). The van der Waals surface area contributed by atoms with Crippen molar-refractivity contribution in [2.45, 2.75) is 6.18 Å². The van der Waals surface area contributed by atoms with Crippen LogP contribution in [0.15, 0.2) is 18.3 Å². The summed E-state index contributed by atoms with van der Waals surface area (Å²) in [6.07, 6.45) is -3.68. The van der Waals surface area contributed by atoms with E-state index >= 15 is 0 Å². The maximum atomic E-state index is 12.1. The van der Waals surface area contributed by atoms with Crippen molar-refractivity contribution in [3.63, 3.8) is 0 Å². The Balaban J connectivity index is 0.000000557. The summed E-state index contributed by atoms with van der Waals surface area (Å²) in [4.78, 5) is 13.4. The van der Waals surface area contributed by atoms with E-state index in [0.717, 1.165) is 12.3 Å². The Morgan fingerprint density at radius 1 is 1.59 bits per heavy atom. The van der Waals surface area contributed by atoms with Crippen LogP contribution >= 0.6 is 0 Å². The zero-order chi connectivity index (χ0) is 13.5. The van der Waals surface area contributed by atoms with E-state index in [1.807, 2.05) is 0 Å². The highest BCUT2D eigenvalue weighted by Gasteiger charge is 2.35. The first-order chi connectivity index (χ1) is 7.84. The summed E-state index contributed by atoms with van der Waals surface area (Å²) in [6, 6.07) is 1.71. The Labute approximate surface area is 95.0 Å². The number of hydrogen-bond acceptors (Lipinski definition) is 4. The number of aromatic carboxylic acids is 1. The van der Waals surface area contributed by atoms with Crippen molar-refractivity contribution < 1.29 is 27.8 Å². The van der Waals surface area contributed by atoms with Crippen LogP contribution in [-0.2, 0) is 10.9 Å². The largest absolute Gasteiger partial charge is 0.476 e. The van der Waals surface area contributed by atoms with Crippen molar-refractivity contribution in [2.75, 3.05) is 13.8 Å². The van der Waals surface area contributed by atoms with Gasteiger partial charge in [0.1, 0.15) is 0 Å². The number of rotatable bonds is 2. The molecule has 0 aliphatic heterocycles. The molecule has 8 heteroatoms. The molecular weight excluding hydrogens is 241 g/mol. The summed E-state index contributed by atoms with van der Waals surface area (Å²) in [5, 5.41) is 8.37. The van der Waals surface area contributed by atoms with Gasteiger partial charge in [-0.3, -0.25) is 0 Å². The van der Waals surface area contributed by atoms with Gasteiger partial charge in [-0.05, 0) is 12.1 Å². The number of methoxy groups -OCH3 is 1. The number of ether oxygens (including phenoxy) is 1. The fraction of sp³-hybridized carbons (Fsp3) is 0.333.